The number of carbonyl (C=O) groups excluding carboxylic acids is 3. The smallest absolute Gasteiger partial charge is 0.325 e. The summed E-state index contributed by atoms with van der Waals surface area (Å²) in [6, 6.07) is -0.514. The van der Waals surface area contributed by atoms with E-state index in [1.165, 1.54) is 19.3 Å². The number of hydrogen-bond acceptors (Lipinski definition) is 4. The molecule has 0 aromatic rings. The van der Waals surface area contributed by atoms with E-state index in [2.05, 4.69) is 17.6 Å². The molecule has 7 nitrogen and oxygen atoms in total. The Labute approximate surface area is 161 Å². The summed E-state index contributed by atoms with van der Waals surface area (Å²) in [4.78, 5) is 38.9. The van der Waals surface area contributed by atoms with Crippen molar-refractivity contribution >= 4 is 17.8 Å². The van der Waals surface area contributed by atoms with Gasteiger partial charge >= 0.3 is 6.03 Å². The van der Waals surface area contributed by atoms with Crippen molar-refractivity contribution in [2.24, 2.45) is 17.6 Å². The van der Waals surface area contributed by atoms with E-state index in [-0.39, 0.29) is 24.4 Å². The quantitative estimate of drug-likeness (QED) is 0.614. The van der Waals surface area contributed by atoms with Crippen LogP contribution >= 0.6 is 0 Å². The van der Waals surface area contributed by atoms with Crippen LogP contribution in [0.2, 0.25) is 0 Å². The number of nitrogens with two attached hydrogens (primary N) is 1. The predicted octanol–water partition coefficient (Wildman–Crippen LogP) is 1.90. The lowest BCUT2D eigenvalue weighted by Crippen LogP contribution is -2.51. The van der Waals surface area contributed by atoms with Crippen LogP contribution in [0.3, 0.4) is 0 Å². The van der Waals surface area contributed by atoms with Crippen molar-refractivity contribution in [3.63, 3.8) is 0 Å². The molecule has 3 aliphatic rings. The third-order valence-corrected chi connectivity index (χ3v) is 6.90. The Morgan fingerprint density at radius 2 is 1.89 bits per heavy atom. The molecule has 0 bridgehead atoms. The summed E-state index contributed by atoms with van der Waals surface area (Å²) in [5, 5.41) is 5.86. The van der Waals surface area contributed by atoms with Crippen molar-refractivity contribution in [2.75, 3.05) is 13.1 Å². The lowest BCUT2D eigenvalue weighted by Gasteiger charge is -2.34. The molecule has 2 saturated carbocycles. The van der Waals surface area contributed by atoms with Gasteiger partial charge in [0.25, 0.3) is 5.91 Å². The summed E-state index contributed by atoms with van der Waals surface area (Å²) < 4.78 is 0. The number of nitrogens with zero attached hydrogens (tertiary/aromatic N) is 1. The zero-order valence-corrected chi connectivity index (χ0v) is 16.5. The van der Waals surface area contributed by atoms with Gasteiger partial charge in [-0.15, -0.1) is 0 Å². The Morgan fingerprint density at radius 1 is 1.22 bits per heavy atom. The predicted molar refractivity (Wildman–Crippen MR) is 103 cm³/mol. The maximum absolute atomic E-state index is 12.9. The Hall–Kier alpha value is -1.63. The van der Waals surface area contributed by atoms with E-state index in [9.17, 15) is 14.4 Å². The fourth-order valence-corrected chi connectivity index (χ4v) is 5.04. The van der Waals surface area contributed by atoms with Gasteiger partial charge in [0.1, 0.15) is 12.1 Å². The topological polar surface area (TPSA) is 105 Å². The SMILES string of the molecule is CCC1CCC2(CC1)NC(=O)N(CC(=O)NC(CN)C1CCCCC1)C2=O. The molecule has 1 heterocycles. The maximum atomic E-state index is 12.9. The van der Waals surface area contributed by atoms with E-state index in [4.69, 9.17) is 5.73 Å². The Kier molecular flexibility index (Phi) is 6.40. The third kappa shape index (κ3) is 4.28. The van der Waals surface area contributed by atoms with Crippen LogP contribution in [-0.4, -0.2) is 47.4 Å². The molecule has 0 aromatic carbocycles. The van der Waals surface area contributed by atoms with Crippen molar-refractivity contribution in [2.45, 2.75) is 82.7 Å². The van der Waals surface area contributed by atoms with Gasteiger partial charge in [0.15, 0.2) is 0 Å². The zero-order chi connectivity index (χ0) is 19.4. The van der Waals surface area contributed by atoms with E-state index in [0.717, 1.165) is 37.0 Å². The van der Waals surface area contributed by atoms with Crippen LogP contribution in [0.1, 0.15) is 71.1 Å². The molecule has 1 atom stereocenters. The van der Waals surface area contributed by atoms with Crippen LogP contribution in [0.15, 0.2) is 0 Å². The van der Waals surface area contributed by atoms with Gasteiger partial charge in [0, 0.05) is 12.6 Å². The normalized spacial score (nSPS) is 30.4. The zero-order valence-electron chi connectivity index (χ0n) is 16.5. The highest BCUT2D eigenvalue weighted by Gasteiger charge is 2.52. The second-order valence-electron chi connectivity index (χ2n) is 8.56. The average Bonchev–Trinajstić information content (AvgIpc) is 2.91. The van der Waals surface area contributed by atoms with Gasteiger partial charge in [-0.05, 0) is 50.4 Å². The highest BCUT2D eigenvalue weighted by atomic mass is 16.2. The van der Waals surface area contributed by atoms with Crippen molar-refractivity contribution in [3.05, 3.63) is 0 Å². The summed E-state index contributed by atoms with van der Waals surface area (Å²) in [6.45, 7) is 2.33. The van der Waals surface area contributed by atoms with Gasteiger partial charge in [0.05, 0.1) is 0 Å². The lowest BCUT2D eigenvalue weighted by molar-refractivity contribution is -0.136. The summed E-state index contributed by atoms with van der Waals surface area (Å²) in [7, 11) is 0. The minimum absolute atomic E-state index is 0.0764. The molecular weight excluding hydrogens is 344 g/mol. The average molecular weight is 379 g/mol. The highest BCUT2D eigenvalue weighted by Crippen LogP contribution is 2.37. The Balaban J connectivity index is 1.57. The summed E-state index contributed by atoms with van der Waals surface area (Å²) in [6.07, 6.45) is 10.1. The summed E-state index contributed by atoms with van der Waals surface area (Å²) in [5.74, 6) is 0.489. The molecule has 4 amide bonds. The third-order valence-electron chi connectivity index (χ3n) is 6.90. The second kappa shape index (κ2) is 8.59. The number of carbonyl (C=O) groups is 3. The van der Waals surface area contributed by atoms with Gasteiger partial charge < -0.3 is 16.4 Å². The molecule has 7 heteroatoms. The molecule has 27 heavy (non-hydrogen) atoms. The molecule has 4 N–H and O–H groups in total. The molecule has 3 rings (SSSR count). The minimum Gasteiger partial charge on any atom is -0.350 e. The number of imide groups is 1. The van der Waals surface area contributed by atoms with E-state index < -0.39 is 11.6 Å². The largest absolute Gasteiger partial charge is 0.350 e. The minimum atomic E-state index is -0.792. The van der Waals surface area contributed by atoms with Crippen molar-refractivity contribution in [1.82, 2.24) is 15.5 Å². The Morgan fingerprint density at radius 3 is 2.48 bits per heavy atom. The van der Waals surface area contributed by atoms with Crippen LogP contribution in [0.25, 0.3) is 0 Å². The molecule has 3 fully saturated rings. The first kappa shape index (κ1) is 20.1. The molecule has 1 aliphatic heterocycles. The van der Waals surface area contributed by atoms with Gasteiger partial charge in [-0.25, -0.2) is 4.79 Å². The van der Waals surface area contributed by atoms with E-state index >= 15 is 0 Å². The maximum Gasteiger partial charge on any atom is 0.325 e. The monoisotopic (exact) mass is 378 g/mol. The van der Waals surface area contributed by atoms with E-state index in [1.807, 2.05) is 0 Å². The second-order valence-corrected chi connectivity index (χ2v) is 8.56. The summed E-state index contributed by atoms with van der Waals surface area (Å²) in [5.41, 5.74) is 5.09. The van der Waals surface area contributed by atoms with Crippen molar-refractivity contribution < 1.29 is 14.4 Å². The van der Waals surface area contributed by atoms with Gasteiger partial charge in [0.2, 0.25) is 5.91 Å². The van der Waals surface area contributed by atoms with Gasteiger partial charge in [-0.1, -0.05) is 32.6 Å². The first-order valence-electron chi connectivity index (χ1n) is 10.6. The standard InChI is InChI=1S/C20H34N4O3/c1-2-14-8-10-20(11-9-14)18(26)24(19(27)23-20)13-17(25)22-16(12-21)15-6-4-3-5-7-15/h14-16H,2-13,21H2,1H3,(H,22,25)(H,23,27). The number of hydrogen-bond donors (Lipinski definition) is 3. The highest BCUT2D eigenvalue weighted by molar-refractivity contribution is 6.09. The molecule has 0 radical (unpaired) electrons. The molecule has 1 saturated heterocycles. The molecule has 152 valence electrons. The fraction of sp³-hybridized carbons (Fsp3) is 0.850. The molecule has 1 unspecified atom stereocenters. The number of nitrogens with one attached hydrogen (secondary N) is 2. The molecule has 2 aliphatic carbocycles. The van der Waals surface area contributed by atoms with Crippen LogP contribution in [0.4, 0.5) is 4.79 Å². The Bertz CT molecular complexity index is 566. The van der Waals surface area contributed by atoms with Crippen LogP contribution in [0, 0.1) is 11.8 Å². The van der Waals surface area contributed by atoms with Gasteiger partial charge in [-0.3, -0.25) is 14.5 Å². The van der Waals surface area contributed by atoms with Gasteiger partial charge in [-0.2, -0.15) is 0 Å². The first-order valence-corrected chi connectivity index (χ1v) is 10.6. The van der Waals surface area contributed by atoms with Crippen LogP contribution in [0.5, 0.6) is 0 Å². The number of amides is 4. The van der Waals surface area contributed by atoms with Crippen LogP contribution < -0.4 is 16.4 Å². The first-order chi connectivity index (χ1) is 13.0. The fourth-order valence-electron chi connectivity index (χ4n) is 5.04. The van der Waals surface area contributed by atoms with E-state index in [1.54, 1.807) is 0 Å². The molecular formula is C20H34N4O3. The van der Waals surface area contributed by atoms with E-state index in [0.29, 0.717) is 31.2 Å². The number of rotatable bonds is 6. The van der Waals surface area contributed by atoms with Crippen molar-refractivity contribution in [1.29, 1.82) is 0 Å². The van der Waals surface area contributed by atoms with Crippen molar-refractivity contribution in [3.8, 4) is 0 Å². The lowest BCUT2D eigenvalue weighted by atomic mass is 9.75. The molecule has 1 spiro atoms. The molecule has 0 aromatic heterocycles. The summed E-state index contributed by atoms with van der Waals surface area (Å²) >= 11 is 0. The number of urea groups is 1. The van der Waals surface area contributed by atoms with Crippen LogP contribution in [-0.2, 0) is 9.59 Å².